The minimum Gasteiger partial charge on any atom is -0.396 e. The first-order chi connectivity index (χ1) is 9.55. The van der Waals surface area contributed by atoms with Crippen LogP contribution < -0.4 is 0 Å². The quantitative estimate of drug-likeness (QED) is 0.227. The first-order valence-electron chi connectivity index (χ1n) is 6.33. The third-order valence-electron chi connectivity index (χ3n) is 2.19. The lowest BCUT2D eigenvalue weighted by Crippen LogP contribution is -2.29. The highest BCUT2D eigenvalue weighted by atomic mass is 16.7. The van der Waals surface area contributed by atoms with Crippen LogP contribution in [0.25, 0.3) is 0 Å². The van der Waals surface area contributed by atoms with Gasteiger partial charge in [-0.05, 0) is 0 Å². The third kappa shape index (κ3) is 22.1. The largest absolute Gasteiger partial charge is 0.396 e. The molecule has 0 aromatic heterocycles. The Morgan fingerprint density at radius 2 is 1.29 bits per heavy atom. The minimum atomic E-state index is -2.46. The number of methoxy groups -OCH3 is 1. The molecule has 0 saturated carbocycles. The summed E-state index contributed by atoms with van der Waals surface area (Å²) < 4.78 is 4.48. The van der Waals surface area contributed by atoms with Crippen molar-refractivity contribution < 1.29 is 45.6 Å². The molecule has 132 valence electrons. The van der Waals surface area contributed by atoms with Gasteiger partial charge in [0.2, 0.25) is 0 Å². The molecule has 21 heavy (non-hydrogen) atoms. The van der Waals surface area contributed by atoms with Gasteiger partial charge in [0, 0.05) is 18.9 Å². The molecule has 9 nitrogen and oxygen atoms in total. The third-order valence-corrected chi connectivity index (χ3v) is 2.19. The maximum absolute atomic E-state index is 8.48. The molecule has 0 heterocycles. The van der Waals surface area contributed by atoms with E-state index in [9.17, 15) is 0 Å². The molecule has 0 rings (SSSR count). The van der Waals surface area contributed by atoms with E-state index in [1.807, 2.05) is 0 Å². The van der Waals surface area contributed by atoms with Crippen molar-refractivity contribution in [2.24, 2.45) is 5.41 Å². The minimum absolute atomic E-state index is 0.0625. The Labute approximate surface area is 124 Å². The van der Waals surface area contributed by atoms with Crippen LogP contribution in [-0.2, 0) is 4.74 Å². The zero-order valence-corrected chi connectivity index (χ0v) is 12.8. The molecular formula is C12H30O9. The molecule has 0 bridgehead atoms. The lowest BCUT2D eigenvalue weighted by Gasteiger charge is -2.20. The molecule has 0 aromatic carbocycles. The van der Waals surface area contributed by atoms with Crippen LogP contribution in [0.15, 0.2) is 0 Å². The van der Waals surface area contributed by atoms with Crippen LogP contribution in [-0.4, -0.2) is 93.1 Å². The van der Waals surface area contributed by atoms with E-state index < -0.39 is 17.5 Å². The van der Waals surface area contributed by atoms with Gasteiger partial charge < -0.3 is 45.6 Å². The van der Waals surface area contributed by atoms with Crippen molar-refractivity contribution in [3.05, 3.63) is 0 Å². The zero-order chi connectivity index (χ0) is 17.5. The van der Waals surface area contributed by atoms with Gasteiger partial charge in [-0.3, -0.25) is 0 Å². The molecule has 0 saturated heterocycles. The summed E-state index contributed by atoms with van der Waals surface area (Å²) >= 11 is 0. The average Bonchev–Trinajstić information content (AvgIpc) is 2.47. The first kappa shape index (κ1) is 25.6. The topological polar surface area (TPSA) is 171 Å². The summed E-state index contributed by atoms with van der Waals surface area (Å²) in [6, 6.07) is 0. The van der Waals surface area contributed by atoms with E-state index in [4.69, 9.17) is 40.9 Å². The Morgan fingerprint density at radius 1 is 0.952 bits per heavy atom. The standard InChI is InChI=1S/C5H12O3.C4H10O3.C3H8O3/c1-5(2-6,3-7)4-8;1-7-3-4(6)2-5;1-2-3(4,5)6/h6-8H,2-4H2,1H3;4-6H,2-3H2,1H3;4-6H,2H2,1H3. The zero-order valence-electron chi connectivity index (χ0n) is 12.8. The van der Waals surface area contributed by atoms with Crippen molar-refractivity contribution in [2.75, 3.05) is 40.1 Å². The Bertz CT molecular complexity index is 193. The average molecular weight is 318 g/mol. The molecule has 0 aliphatic rings. The van der Waals surface area contributed by atoms with Gasteiger partial charge in [0.1, 0.15) is 6.10 Å². The predicted octanol–water partition coefficient (Wildman–Crippen LogP) is -3.02. The molecule has 0 amide bonds. The van der Waals surface area contributed by atoms with Gasteiger partial charge in [-0.1, -0.05) is 13.8 Å². The number of ether oxygens (including phenoxy) is 1. The summed E-state index contributed by atoms with van der Waals surface area (Å²) in [5, 5.41) is 65.8. The maximum Gasteiger partial charge on any atom is 0.274 e. The summed E-state index contributed by atoms with van der Waals surface area (Å²) in [4.78, 5) is 0. The van der Waals surface area contributed by atoms with Crippen LogP contribution in [0.2, 0.25) is 0 Å². The SMILES string of the molecule is CC(CO)(CO)CO.CCC(O)(O)O.COCC(O)CO. The molecule has 0 aliphatic heterocycles. The smallest absolute Gasteiger partial charge is 0.274 e. The molecule has 0 spiro atoms. The molecule has 0 aliphatic carbocycles. The van der Waals surface area contributed by atoms with E-state index in [0.717, 1.165) is 0 Å². The molecule has 9 heteroatoms. The lowest BCUT2D eigenvalue weighted by molar-refractivity contribution is -0.312. The Balaban J connectivity index is -0.000000234. The predicted molar refractivity (Wildman–Crippen MR) is 74.0 cm³/mol. The summed E-state index contributed by atoms with van der Waals surface area (Å²) in [6.45, 7) is 2.50. The summed E-state index contributed by atoms with van der Waals surface area (Å²) in [5.41, 5.74) is -0.708. The van der Waals surface area contributed by atoms with Gasteiger partial charge in [-0.2, -0.15) is 0 Å². The van der Waals surface area contributed by atoms with Gasteiger partial charge in [0.25, 0.3) is 5.97 Å². The second kappa shape index (κ2) is 14.6. The van der Waals surface area contributed by atoms with Crippen molar-refractivity contribution in [1.29, 1.82) is 0 Å². The summed E-state index contributed by atoms with van der Waals surface area (Å²) in [5.74, 6) is -2.46. The summed E-state index contributed by atoms with van der Waals surface area (Å²) in [6.07, 6.45) is -0.780. The molecule has 8 N–H and O–H groups in total. The number of hydrogen-bond donors (Lipinski definition) is 8. The van der Waals surface area contributed by atoms with Crippen LogP contribution in [0.5, 0.6) is 0 Å². The Morgan fingerprint density at radius 3 is 1.33 bits per heavy atom. The van der Waals surface area contributed by atoms with Gasteiger partial charge in [0.15, 0.2) is 0 Å². The van der Waals surface area contributed by atoms with Crippen molar-refractivity contribution in [2.45, 2.75) is 32.3 Å². The molecule has 1 unspecified atom stereocenters. The van der Waals surface area contributed by atoms with Gasteiger partial charge in [-0.15, -0.1) is 0 Å². The van der Waals surface area contributed by atoms with E-state index in [0.29, 0.717) is 0 Å². The highest BCUT2D eigenvalue weighted by molar-refractivity contribution is 4.69. The number of aliphatic hydroxyl groups is 8. The summed E-state index contributed by atoms with van der Waals surface area (Å²) in [7, 11) is 1.47. The number of aliphatic hydroxyl groups excluding tert-OH is 5. The number of hydrogen-bond acceptors (Lipinski definition) is 9. The van der Waals surface area contributed by atoms with E-state index in [1.54, 1.807) is 6.92 Å². The Kier molecular flexibility index (Phi) is 17.8. The molecular weight excluding hydrogens is 288 g/mol. The van der Waals surface area contributed by atoms with E-state index >= 15 is 0 Å². The van der Waals surface area contributed by atoms with E-state index in [1.165, 1.54) is 14.0 Å². The van der Waals surface area contributed by atoms with Gasteiger partial charge >= 0.3 is 0 Å². The second-order valence-electron chi connectivity index (χ2n) is 4.70. The van der Waals surface area contributed by atoms with E-state index in [-0.39, 0.29) is 39.5 Å². The van der Waals surface area contributed by atoms with Crippen molar-refractivity contribution in [3.8, 4) is 0 Å². The van der Waals surface area contributed by atoms with Crippen molar-refractivity contribution in [1.82, 2.24) is 0 Å². The first-order valence-corrected chi connectivity index (χ1v) is 6.33. The monoisotopic (exact) mass is 318 g/mol. The van der Waals surface area contributed by atoms with Crippen LogP contribution >= 0.6 is 0 Å². The van der Waals surface area contributed by atoms with Crippen molar-refractivity contribution >= 4 is 0 Å². The lowest BCUT2D eigenvalue weighted by atomic mass is 9.95. The van der Waals surface area contributed by atoms with Gasteiger partial charge in [-0.25, -0.2) is 0 Å². The molecule has 0 fully saturated rings. The van der Waals surface area contributed by atoms with Crippen LogP contribution in [0.4, 0.5) is 0 Å². The van der Waals surface area contributed by atoms with Gasteiger partial charge in [0.05, 0.1) is 33.0 Å². The maximum atomic E-state index is 8.48. The molecule has 0 aromatic rings. The fraction of sp³-hybridized carbons (Fsp3) is 1.00. The highest BCUT2D eigenvalue weighted by Crippen LogP contribution is 2.10. The van der Waals surface area contributed by atoms with Crippen LogP contribution in [0.3, 0.4) is 0 Å². The van der Waals surface area contributed by atoms with E-state index in [2.05, 4.69) is 4.74 Å². The molecule has 1 atom stereocenters. The number of rotatable bonds is 7. The van der Waals surface area contributed by atoms with Crippen molar-refractivity contribution in [3.63, 3.8) is 0 Å². The van der Waals surface area contributed by atoms with Crippen LogP contribution in [0.1, 0.15) is 20.3 Å². The fourth-order valence-corrected chi connectivity index (χ4v) is 0.395. The second-order valence-corrected chi connectivity index (χ2v) is 4.70. The normalized spacial score (nSPS) is 12.7. The Hall–Kier alpha value is -0.360. The molecule has 0 radical (unpaired) electrons. The fourth-order valence-electron chi connectivity index (χ4n) is 0.395. The highest BCUT2D eigenvalue weighted by Gasteiger charge is 2.20. The van der Waals surface area contributed by atoms with Crippen LogP contribution in [0, 0.1) is 5.41 Å².